The molecule has 3 aromatic rings. The molecule has 0 unspecified atom stereocenters. The summed E-state index contributed by atoms with van der Waals surface area (Å²) >= 11 is 1.49. The quantitative estimate of drug-likeness (QED) is 0.641. The Balaban J connectivity index is 1.69. The van der Waals surface area contributed by atoms with E-state index in [9.17, 15) is 4.39 Å². The van der Waals surface area contributed by atoms with Crippen LogP contribution in [0.1, 0.15) is 5.56 Å². The third-order valence-corrected chi connectivity index (χ3v) is 5.03. The molecule has 0 aliphatic carbocycles. The van der Waals surface area contributed by atoms with Crippen LogP contribution < -0.4 is 0 Å². The molecule has 2 aromatic heterocycles. The Bertz CT molecular complexity index is 892. The standard InChI is InChI=1S/C18H20FN5OS/c1-26-18-21-17-20-16(13-2-4-15(19)5-3-13)14(12-24(17)22-18)6-7-23-8-10-25-11-9-23/h2-5,12H,6-11H2,1H3. The van der Waals surface area contributed by atoms with E-state index in [0.717, 1.165) is 56.1 Å². The molecule has 6 nitrogen and oxygen atoms in total. The summed E-state index contributed by atoms with van der Waals surface area (Å²) in [7, 11) is 0. The van der Waals surface area contributed by atoms with Gasteiger partial charge in [0, 0.05) is 31.4 Å². The fourth-order valence-corrected chi connectivity index (χ4v) is 3.41. The van der Waals surface area contributed by atoms with Crippen LogP contribution in [0.4, 0.5) is 4.39 Å². The van der Waals surface area contributed by atoms with Gasteiger partial charge < -0.3 is 4.74 Å². The lowest BCUT2D eigenvalue weighted by molar-refractivity contribution is 0.0384. The Morgan fingerprint density at radius 2 is 1.92 bits per heavy atom. The number of aromatic nitrogens is 4. The molecule has 8 heteroatoms. The van der Waals surface area contributed by atoms with Crippen molar-refractivity contribution in [1.29, 1.82) is 0 Å². The van der Waals surface area contributed by atoms with Crippen LogP contribution in [0.3, 0.4) is 0 Å². The highest BCUT2D eigenvalue weighted by atomic mass is 32.2. The molecule has 0 bridgehead atoms. The molecule has 0 saturated carbocycles. The van der Waals surface area contributed by atoms with Crippen molar-refractivity contribution < 1.29 is 9.13 Å². The lowest BCUT2D eigenvalue weighted by Crippen LogP contribution is -2.37. The van der Waals surface area contributed by atoms with Gasteiger partial charge in [0.25, 0.3) is 5.78 Å². The van der Waals surface area contributed by atoms with Gasteiger partial charge in [0.1, 0.15) is 5.82 Å². The Labute approximate surface area is 155 Å². The number of ether oxygens (including phenoxy) is 1. The second kappa shape index (κ2) is 7.69. The first kappa shape index (κ1) is 17.4. The smallest absolute Gasteiger partial charge is 0.253 e. The number of hydrogen-bond donors (Lipinski definition) is 0. The molecule has 26 heavy (non-hydrogen) atoms. The fraction of sp³-hybridized carbons (Fsp3) is 0.389. The minimum Gasteiger partial charge on any atom is -0.379 e. The molecule has 1 fully saturated rings. The Hall–Kier alpha value is -2.03. The summed E-state index contributed by atoms with van der Waals surface area (Å²) in [6, 6.07) is 6.45. The topological polar surface area (TPSA) is 55.5 Å². The van der Waals surface area contributed by atoms with Gasteiger partial charge in [-0.25, -0.2) is 13.9 Å². The molecule has 0 N–H and O–H groups in total. The molecular weight excluding hydrogens is 353 g/mol. The number of thioether (sulfide) groups is 1. The number of morpholine rings is 1. The van der Waals surface area contributed by atoms with Gasteiger partial charge in [-0.15, -0.1) is 5.10 Å². The lowest BCUT2D eigenvalue weighted by atomic mass is 10.0. The van der Waals surface area contributed by atoms with E-state index >= 15 is 0 Å². The van der Waals surface area contributed by atoms with Crippen molar-refractivity contribution in [3.05, 3.63) is 41.8 Å². The molecule has 1 aromatic carbocycles. The van der Waals surface area contributed by atoms with Crippen LogP contribution in [0.15, 0.2) is 35.6 Å². The zero-order valence-electron chi connectivity index (χ0n) is 14.6. The van der Waals surface area contributed by atoms with Crippen molar-refractivity contribution in [1.82, 2.24) is 24.5 Å². The van der Waals surface area contributed by atoms with E-state index in [2.05, 4.69) is 15.0 Å². The van der Waals surface area contributed by atoms with Crippen molar-refractivity contribution in [2.24, 2.45) is 0 Å². The number of rotatable bonds is 5. The first-order chi connectivity index (χ1) is 12.7. The molecule has 0 atom stereocenters. The zero-order valence-corrected chi connectivity index (χ0v) is 15.4. The molecule has 1 saturated heterocycles. The summed E-state index contributed by atoms with van der Waals surface area (Å²) in [6.07, 6.45) is 4.77. The minimum atomic E-state index is -0.253. The minimum absolute atomic E-state index is 0.253. The molecular formula is C18H20FN5OS. The number of benzene rings is 1. The van der Waals surface area contributed by atoms with E-state index in [1.165, 1.54) is 23.9 Å². The van der Waals surface area contributed by atoms with Crippen LogP contribution >= 0.6 is 11.8 Å². The van der Waals surface area contributed by atoms with Crippen molar-refractivity contribution in [2.75, 3.05) is 39.1 Å². The third kappa shape index (κ3) is 3.72. The van der Waals surface area contributed by atoms with Crippen LogP contribution in [-0.2, 0) is 11.2 Å². The number of halogens is 1. The van der Waals surface area contributed by atoms with Crippen molar-refractivity contribution in [3.63, 3.8) is 0 Å². The Kier molecular flexibility index (Phi) is 5.14. The third-order valence-electron chi connectivity index (χ3n) is 4.49. The molecule has 3 heterocycles. The van der Waals surface area contributed by atoms with Crippen LogP contribution in [0.5, 0.6) is 0 Å². The van der Waals surface area contributed by atoms with Crippen LogP contribution in [0.25, 0.3) is 17.0 Å². The van der Waals surface area contributed by atoms with Crippen molar-refractivity contribution >= 4 is 17.5 Å². The van der Waals surface area contributed by atoms with E-state index in [0.29, 0.717) is 10.9 Å². The van der Waals surface area contributed by atoms with Gasteiger partial charge in [0.05, 0.1) is 18.9 Å². The van der Waals surface area contributed by atoms with E-state index in [1.807, 2.05) is 12.5 Å². The van der Waals surface area contributed by atoms with Crippen LogP contribution in [-0.4, -0.2) is 63.6 Å². The molecule has 136 valence electrons. The maximum atomic E-state index is 13.3. The summed E-state index contributed by atoms with van der Waals surface area (Å²) < 4.78 is 20.5. The van der Waals surface area contributed by atoms with E-state index in [1.54, 1.807) is 16.6 Å². The molecule has 0 radical (unpaired) electrons. The normalized spacial score (nSPS) is 15.6. The zero-order chi connectivity index (χ0) is 17.9. The maximum Gasteiger partial charge on any atom is 0.253 e. The van der Waals surface area contributed by atoms with Gasteiger partial charge in [-0.2, -0.15) is 4.98 Å². The second-order valence-corrected chi connectivity index (χ2v) is 6.94. The molecule has 1 aliphatic rings. The molecule has 4 rings (SSSR count). The summed E-state index contributed by atoms with van der Waals surface area (Å²) in [6.45, 7) is 4.38. The summed E-state index contributed by atoms with van der Waals surface area (Å²) in [5, 5.41) is 5.14. The van der Waals surface area contributed by atoms with E-state index in [4.69, 9.17) is 9.72 Å². The number of nitrogens with zero attached hydrogens (tertiary/aromatic N) is 5. The number of fused-ring (bicyclic) bond motifs is 1. The summed E-state index contributed by atoms with van der Waals surface area (Å²) in [5.41, 5.74) is 2.80. The Morgan fingerprint density at radius 3 is 2.65 bits per heavy atom. The van der Waals surface area contributed by atoms with Gasteiger partial charge in [-0.1, -0.05) is 11.8 Å². The van der Waals surface area contributed by atoms with Crippen LogP contribution in [0.2, 0.25) is 0 Å². The van der Waals surface area contributed by atoms with Gasteiger partial charge in [-0.05, 0) is 42.5 Å². The van der Waals surface area contributed by atoms with Gasteiger partial charge in [0.15, 0.2) is 0 Å². The lowest BCUT2D eigenvalue weighted by Gasteiger charge is -2.26. The van der Waals surface area contributed by atoms with Gasteiger partial charge >= 0.3 is 0 Å². The largest absolute Gasteiger partial charge is 0.379 e. The molecule has 1 aliphatic heterocycles. The Morgan fingerprint density at radius 1 is 1.15 bits per heavy atom. The monoisotopic (exact) mass is 373 g/mol. The second-order valence-electron chi connectivity index (χ2n) is 6.17. The summed E-state index contributed by atoms with van der Waals surface area (Å²) in [5.74, 6) is 0.306. The maximum absolute atomic E-state index is 13.3. The molecule has 0 spiro atoms. The SMILES string of the molecule is CSc1nc2nc(-c3ccc(F)cc3)c(CCN3CCOCC3)cn2n1. The predicted octanol–water partition coefficient (Wildman–Crippen LogP) is 2.53. The number of hydrogen-bond acceptors (Lipinski definition) is 6. The van der Waals surface area contributed by atoms with Crippen molar-refractivity contribution in [3.8, 4) is 11.3 Å². The highest BCUT2D eigenvalue weighted by Crippen LogP contribution is 2.24. The highest BCUT2D eigenvalue weighted by molar-refractivity contribution is 7.98. The average Bonchev–Trinajstić information content (AvgIpc) is 3.09. The van der Waals surface area contributed by atoms with Gasteiger partial charge in [0.2, 0.25) is 5.16 Å². The fourth-order valence-electron chi connectivity index (χ4n) is 3.07. The predicted molar refractivity (Wildman–Crippen MR) is 98.9 cm³/mol. The van der Waals surface area contributed by atoms with Gasteiger partial charge in [-0.3, -0.25) is 4.90 Å². The van der Waals surface area contributed by atoms with Crippen molar-refractivity contribution in [2.45, 2.75) is 11.6 Å². The summed E-state index contributed by atoms with van der Waals surface area (Å²) in [4.78, 5) is 11.5. The highest BCUT2D eigenvalue weighted by Gasteiger charge is 2.15. The van der Waals surface area contributed by atoms with E-state index < -0.39 is 0 Å². The first-order valence-electron chi connectivity index (χ1n) is 8.59. The first-order valence-corrected chi connectivity index (χ1v) is 9.82. The average molecular weight is 373 g/mol. The van der Waals surface area contributed by atoms with Crippen LogP contribution in [0, 0.1) is 5.82 Å². The molecule has 0 amide bonds. The van der Waals surface area contributed by atoms with E-state index in [-0.39, 0.29) is 5.82 Å².